The van der Waals surface area contributed by atoms with Crippen LogP contribution < -0.4 is 0 Å². The Balaban J connectivity index is 2.22. The molecule has 9 heteroatoms. The molecule has 0 fully saturated rings. The Morgan fingerprint density at radius 1 is 0.458 bits per heavy atom. The zero-order chi connectivity index (χ0) is 35.2. The number of carbonyl (C=O) groups excluding carboxylic acids is 2. The molecule has 0 saturated carbocycles. The Morgan fingerprint density at radius 2 is 0.729 bits per heavy atom. The molecule has 0 aliphatic heterocycles. The predicted octanol–water partition coefficient (Wildman–Crippen LogP) is 9.37. The summed E-state index contributed by atoms with van der Waals surface area (Å²) in [7, 11) is 4.01. The SMILES string of the molecule is CN(C)Cc1cc(COC(=O)CCCCCCCCCCCCC(=O)O)cc(COC(=O)CCCCCCCCCCCCC(=O)O)c1. The van der Waals surface area contributed by atoms with Gasteiger partial charge in [0.15, 0.2) is 0 Å². The van der Waals surface area contributed by atoms with Gasteiger partial charge in [-0.3, -0.25) is 19.2 Å². The quantitative estimate of drug-likeness (QED) is 0.0566. The first-order valence-corrected chi connectivity index (χ1v) is 18.7. The van der Waals surface area contributed by atoms with E-state index in [1.54, 1.807) is 0 Å². The van der Waals surface area contributed by atoms with Crippen LogP contribution in [0.4, 0.5) is 0 Å². The summed E-state index contributed by atoms with van der Waals surface area (Å²) in [6.07, 6.45) is 22.4. The summed E-state index contributed by atoms with van der Waals surface area (Å²) in [6, 6.07) is 6.05. The molecule has 0 radical (unpaired) electrons. The molecule has 1 aromatic rings. The summed E-state index contributed by atoms with van der Waals surface area (Å²) in [5.74, 6) is -1.79. The Morgan fingerprint density at radius 3 is 1.02 bits per heavy atom. The smallest absolute Gasteiger partial charge is 0.306 e. The number of carbonyl (C=O) groups is 4. The predicted molar refractivity (Wildman–Crippen MR) is 190 cm³/mol. The third-order valence-corrected chi connectivity index (χ3v) is 8.45. The lowest BCUT2D eigenvalue weighted by Gasteiger charge is -2.14. The fourth-order valence-corrected chi connectivity index (χ4v) is 5.85. The van der Waals surface area contributed by atoms with Gasteiger partial charge in [0, 0.05) is 32.2 Å². The molecule has 0 saturated heterocycles. The number of benzene rings is 1. The van der Waals surface area contributed by atoms with E-state index in [2.05, 4.69) is 4.90 Å². The van der Waals surface area contributed by atoms with Crippen molar-refractivity contribution in [3.05, 3.63) is 34.9 Å². The van der Waals surface area contributed by atoms with Crippen molar-refractivity contribution in [1.29, 1.82) is 0 Å². The van der Waals surface area contributed by atoms with Crippen LogP contribution in [0.2, 0.25) is 0 Å². The molecule has 0 amide bonds. The first kappa shape index (κ1) is 43.1. The first-order valence-electron chi connectivity index (χ1n) is 18.7. The van der Waals surface area contributed by atoms with E-state index in [0.29, 0.717) is 12.8 Å². The van der Waals surface area contributed by atoms with Gasteiger partial charge < -0.3 is 24.6 Å². The molecule has 1 aromatic carbocycles. The zero-order valence-electron chi connectivity index (χ0n) is 30.1. The number of carboxylic acids is 2. The first-order chi connectivity index (χ1) is 23.2. The van der Waals surface area contributed by atoms with Crippen LogP contribution in [0.5, 0.6) is 0 Å². The van der Waals surface area contributed by atoms with Crippen LogP contribution in [-0.2, 0) is 48.4 Å². The molecule has 0 heterocycles. The minimum atomic E-state index is -0.709. The Bertz CT molecular complexity index is 953. The zero-order valence-corrected chi connectivity index (χ0v) is 30.1. The number of unbranched alkanes of at least 4 members (excludes halogenated alkanes) is 18. The van der Waals surface area contributed by atoms with E-state index in [-0.39, 0.29) is 38.0 Å². The summed E-state index contributed by atoms with van der Waals surface area (Å²) in [6.45, 7) is 1.15. The number of ether oxygens (including phenoxy) is 2. The van der Waals surface area contributed by atoms with Crippen LogP contribution in [0.3, 0.4) is 0 Å². The molecule has 9 nitrogen and oxygen atoms in total. The minimum absolute atomic E-state index is 0.185. The number of hydrogen-bond donors (Lipinski definition) is 2. The van der Waals surface area contributed by atoms with E-state index < -0.39 is 11.9 Å². The number of aliphatic carboxylic acids is 2. The molecule has 0 aromatic heterocycles. The van der Waals surface area contributed by atoms with Crippen LogP contribution in [-0.4, -0.2) is 53.1 Å². The van der Waals surface area contributed by atoms with Crippen LogP contribution in [0.15, 0.2) is 18.2 Å². The monoisotopic (exact) mass is 675 g/mol. The van der Waals surface area contributed by atoms with Crippen LogP contribution in [0, 0.1) is 0 Å². The standard InChI is InChI=1S/C39H65NO8/c1-40(2)30-33-27-34(31-47-38(45)25-21-17-13-9-5-3-7-11-15-19-23-36(41)42)29-35(28-33)32-48-39(46)26-22-18-14-10-6-4-8-12-16-20-24-37(43)44/h27-29H,3-26,30-32H2,1-2H3,(H,41,42)(H,43,44). The maximum absolute atomic E-state index is 12.4. The van der Waals surface area contributed by atoms with Crippen LogP contribution >= 0.6 is 0 Å². The van der Waals surface area contributed by atoms with Crippen LogP contribution in [0.1, 0.15) is 171 Å². The number of carboxylic acid groups (broad SMARTS) is 2. The van der Waals surface area contributed by atoms with E-state index in [1.165, 1.54) is 25.7 Å². The Kier molecular flexibility index (Phi) is 26.0. The Labute approximate surface area is 290 Å². The number of hydrogen-bond acceptors (Lipinski definition) is 7. The van der Waals surface area contributed by atoms with Gasteiger partial charge in [0.2, 0.25) is 0 Å². The fourth-order valence-electron chi connectivity index (χ4n) is 5.85. The van der Waals surface area contributed by atoms with Gasteiger partial charge in [0.05, 0.1) is 0 Å². The third kappa shape index (κ3) is 27.1. The average molecular weight is 676 g/mol. The summed E-state index contributed by atoms with van der Waals surface area (Å²) >= 11 is 0. The van der Waals surface area contributed by atoms with Crippen molar-refractivity contribution in [3.8, 4) is 0 Å². The van der Waals surface area contributed by atoms with Gasteiger partial charge in [-0.05, 0) is 62.5 Å². The highest BCUT2D eigenvalue weighted by atomic mass is 16.5. The van der Waals surface area contributed by atoms with Gasteiger partial charge >= 0.3 is 23.9 Å². The van der Waals surface area contributed by atoms with Gasteiger partial charge in [-0.2, -0.15) is 0 Å². The molecule has 274 valence electrons. The van der Waals surface area contributed by atoms with Crippen molar-refractivity contribution in [3.63, 3.8) is 0 Å². The highest BCUT2D eigenvalue weighted by Gasteiger charge is 2.09. The van der Waals surface area contributed by atoms with Crippen LogP contribution in [0.25, 0.3) is 0 Å². The summed E-state index contributed by atoms with van der Waals surface area (Å²) < 4.78 is 11.2. The summed E-state index contributed by atoms with van der Waals surface area (Å²) in [5.41, 5.74) is 2.88. The topological polar surface area (TPSA) is 130 Å². The lowest BCUT2D eigenvalue weighted by molar-refractivity contribution is -0.145. The van der Waals surface area contributed by atoms with Crippen molar-refractivity contribution >= 4 is 23.9 Å². The molecule has 48 heavy (non-hydrogen) atoms. The number of rotatable bonds is 32. The molecule has 0 aliphatic rings. The third-order valence-electron chi connectivity index (χ3n) is 8.45. The molecule has 2 N–H and O–H groups in total. The van der Waals surface area contributed by atoms with Crippen molar-refractivity contribution in [2.75, 3.05) is 14.1 Å². The van der Waals surface area contributed by atoms with Gasteiger partial charge in [-0.15, -0.1) is 0 Å². The molecular formula is C39H65NO8. The second-order valence-electron chi connectivity index (χ2n) is 13.6. The van der Waals surface area contributed by atoms with E-state index in [4.69, 9.17) is 19.7 Å². The van der Waals surface area contributed by atoms with Gasteiger partial charge in [0.1, 0.15) is 13.2 Å². The molecule has 0 spiro atoms. The molecule has 0 aliphatic carbocycles. The van der Waals surface area contributed by atoms with E-state index in [0.717, 1.165) is 126 Å². The van der Waals surface area contributed by atoms with Crippen molar-refractivity contribution in [1.82, 2.24) is 4.90 Å². The highest BCUT2D eigenvalue weighted by molar-refractivity contribution is 5.69. The summed E-state index contributed by atoms with van der Waals surface area (Å²) in [5, 5.41) is 17.3. The average Bonchev–Trinajstić information content (AvgIpc) is 3.03. The Hall–Kier alpha value is -2.94. The van der Waals surface area contributed by atoms with Crippen molar-refractivity contribution in [2.24, 2.45) is 0 Å². The maximum Gasteiger partial charge on any atom is 0.306 e. The van der Waals surface area contributed by atoms with Crippen molar-refractivity contribution in [2.45, 2.75) is 174 Å². The normalized spacial score (nSPS) is 11.1. The second-order valence-corrected chi connectivity index (χ2v) is 13.6. The van der Waals surface area contributed by atoms with E-state index in [1.807, 2.05) is 32.3 Å². The number of nitrogens with zero attached hydrogens (tertiary/aromatic N) is 1. The maximum atomic E-state index is 12.4. The van der Waals surface area contributed by atoms with Gasteiger partial charge in [-0.25, -0.2) is 0 Å². The number of esters is 2. The lowest BCUT2D eigenvalue weighted by Crippen LogP contribution is -2.12. The second kappa shape index (κ2) is 29.0. The molecule has 0 unspecified atom stereocenters. The van der Waals surface area contributed by atoms with E-state index in [9.17, 15) is 19.2 Å². The molecular weight excluding hydrogens is 610 g/mol. The fraction of sp³-hybridized carbons (Fsp3) is 0.744. The lowest BCUT2D eigenvalue weighted by atomic mass is 10.0. The minimum Gasteiger partial charge on any atom is -0.481 e. The van der Waals surface area contributed by atoms with Gasteiger partial charge in [-0.1, -0.05) is 115 Å². The molecule has 0 bridgehead atoms. The van der Waals surface area contributed by atoms with Crippen molar-refractivity contribution < 1.29 is 38.9 Å². The van der Waals surface area contributed by atoms with Gasteiger partial charge in [0.25, 0.3) is 0 Å². The van der Waals surface area contributed by atoms with E-state index >= 15 is 0 Å². The molecule has 0 atom stereocenters. The summed E-state index contributed by atoms with van der Waals surface area (Å²) in [4.78, 5) is 47.9. The largest absolute Gasteiger partial charge is 0.481 e. The highest BCUT2D eigenvalue weighted by Crippen LogP contribution is 2.17. The molecule has 1 rings (SSSR count).